The summed E-state index contributed by atoms with van der Waals surface area (Å²) in [6.45, 7) is 3.01. The van der Waals surface area contributed by atoms with Gasteiger partial charge in [0.05, 0.1) is 38.7 Å². The molecule has 0 aliphatic carbocycles. The first-order valence-electron chi connectivity index (χ1n) is 9.23. The predicted octanol–water partition coefficient (Wildman–Crippen LogP) is 4.11. The molecule has 0 atom stereocenters. The smallest absolute Gasteiger partial charge is 0.257 e. The fourth-order valence-electron chi connectivity index (χ4n) is 3.16. The number of halogens is 2. The molecule has 7 nitrogen and oxygen atoms in total. The second-order valence-corrected chi connectivity index (χ2v) is 9.68. The highest BCUT2D eigenvalue weighted by atomic mass is 35.5. The largest absolute Gasteiger partial charge is 0.375 e. The number of nitriles is 1. The minimum atomic E-state index is -3.44. The number of rotatable bonds is 5. The highest BCUT2D eigenvalue weighted by Gasteiger charge is 2.30. The van der Waals surface area contributed by atoms with E-state index in [-0.39, 0.29) is 21.4 Å². The van der Waals surface area contributed by atoms with Gasteiger partial charge < -0.3 is 10.2 Å². The molecule has 1 aliphatic rings. The van der Waals surface area contributed by atoms with Crippen molar-refractivity contribution in [3.05, 3.63) is 51.5 Å². The van der Waals surface area contributed by atoms with Crippen molar-refractivity contribution in [3.63, 3.8) is 0 Å². The number of carbonyl (C=O) groups is 1. The molecule has 0 aromatic heterocycles. The van der Waals surface area contributed by atoms with Gasteiger partial charge >= 0.3 is 0 Å². The lowest BCUT2D eigenvalue weighted by Gasteiger charge is -2.20. The molecule has 0 radical (unpaired) electrons. The molecule has 1 saturated heterocycles. The summed E-state index contributed by atoms with van der Waals surface area (Å²) in [6, 6.07) is 9.95. The summed E-state index contributed by atoms with van der Waals surface area (Å²) in [4.78, 5) is 14.9. The number of nitrogens with one attached hydrogen (secondary N) is 1. The lowest BCUT2D eigenvalue weighted by Crippen LogP contribution is -2.25. The molecule has 30 heavy (non-hydrogen) atoms. The van der Waals surface area contributed by atoms with Gasteiger partial charge in [0.15, 0.2) is 0 Å². The zero-order valence-electron chi connectivity index (χ0n) is 16.4. The molecule has 1 fully saturated rings. The molecule has 3 rings (SSSR count). The van der Waals surface area contributed by atoms with Gasteiger partial charge in [0.25, 0.3) is 5.91 Å². The van der Waals surface area contributed by atoms with Crippen LogP contribution in [-0.2, 0) is 10.0 Å². The van der Waals surface area contributed by atoms with Crippen LogP contribution in [0.25, 0.3) is 0 Å². The Morgan fingerprint density at radius 2 is 2.00 bits per heavy atom. The number of anilines is 3. The monoisotopic (exact) mass is 466 g/mol. The molecule has 158 valence electrons. The Kier molecular flexibility index (Phi) is 6.46. The zero-order chi connectivity index (χ0) is 22.1. The maximum absolute atomic E-state index is 12.9. The van der Waals surface area contributed by atoms with Gasteiger partial charge in [-0.15, -0.1) is 0 Å². The molecule has 0 unspecified atom stereocenters. The highest BCUT2D eigenvalue weighted by molar-refractivity contribution is 7.93. The summed E-state index contributed by atoms with van der Waals surface area (Å²) in [5, 5.41) is 12.1. The third-order valence-corrected chi connectivity index (χ3v) is 7.54. The minimum absolute atomic E-state index is 0.0249. The molecule has 1 amide bonds. The van der Waals surface area contributed by atoms with E-state index in [1.165, 1.54) is 16.4 Å². The summed E-state index contributed by atoms with van der Waals surface area (Å²) in [5.74, 6) is -0.510. The summed E-state index contributed by atoms with van der Waals surface area (Å²) < 4.78 is 25.7. The molecule has 1 aliphatic heterocycles. The number of sulfonamides is 1. The van der Waals surface area contributed by atoms with Crippen molar-refractivity contribution in [2.45, 2.75) is 13.3 Å². The lowest BCUT2D eigenvalue weighted by molar-refractivity contribution is 0.102. The fraction of sp³-hybridized carbons (Fsp3) is 0.300. The Hall–Kier alpha value is -2.47. The molecule has 0 spiro atoms. The standard InChI is InChI=1S/C20H20Cl2N4O3S/c1-3-25(2)15-8-13(12-23)7-14(9-15)24-20(27)17-10-16(11-18(21)19(17)22)26-5-4-6-30(26,28)29/h7-11H,3-6H2,1-2H3,(H,24,27). The van der Waals surface area contributed by atoms with Gasteiger partial charge in [-0.25, -0.2) is 8.42 Å². The Labute approximate surface area is 185 Å². The van der Waals surface area contributed by atoms with Crippen molar-refractivity contribution in [2.75, 3.05) is 40.4 Å². The van der Waals surface area contributed by atoms with Crippen LogP contribution in [0.1, 0.15) is 29.3 Å². The maximum atomic E-state index is 12.9. The van der Waals surface area contributed by atoms with E-state index in [9.17, 15) is 18.5 Å². The number of amides is 1. The van der Waals surface area contributed by atoms with Crippen LogP contribution >= 0.6 is 23.2 Å². The molecule has 2 aromatic rings. The molecule has 0 bridgehead atoms. The first-order chi connectivity index (χ1) is 14.2. The van der Waals surface area contributed by atoms with Crippen LogP contribution in [0.15, 0.2) is 30.3 Å². The summed E-state index contributed by atoms with van der Waals surface area (Å²) >= 11 is 12.4. The van der Waals surface area contributed by atoms with Crippen LogP contribution in [0, 0.1) is 11.3 Å². The number of hydrogen-bond acceptors (Lipinski definition) is 5. The lowest BCUT2D eigenvalue weighted by atomic mass is 10.1. The van der Waals surface area contributed by atoms with E-state index < -0.39 is 15.9 Å². The van der Waals surface area contributed by atoms with Crippen LogP contribution < -0.4 is 14.5 Å². The summed E-state index contributed by atoms with van der Waals surface area (Å²) in [7, 11) is -1.57. The van der Waals surface area contributed by atoms with Crippen LogP contribution in [0.5, 0.6) is 0 Å². The first-order valence-corrected chi connectivity index (χ1v) is 11.6. The number of nitrogens with zero attached hydrogens (tertiary/aromatic N) is 3. The third-order valence-electron chi connectivity index (χ3n) is 4.86. The third kappa shape index (κ3) is 4.48. The van der Waals surface area contributed by atoms with Crippen molar-refractivity contribution in [3.8, 4) is 6.07 Å². The Balaban J connectivity index is 1.97. The second-order valence-electron chi connectivity index (χ2n) is 6.88. The molecular formula is C20H20Cl2N4O3S. The van der Waals surface area contributed by atoms with Crippen LogP contribution in [0.4, 0.5) is 17.1 Å². The van der Waals surface area contributed by atoms with Crippen LogP contribution in [0.3, 0.4) is 0 Å². The SMILES string of the molecule is CCN(C)c1cc(C#N)cc(NC(=O)c2cc(N3CCCS3(=O)=O)cc(Cl)c2Cl)c1. The normalized spacial score (nSPS) is 15.0. The van der Waals surface area contributed by atoms with Gasteiger partial charge in [-0.05, 0) is 43.7 Å². The van der Waals surface area contributed by atoms with Crippen LogP contribution in [-0.4, -0.2) is 40.2 Å². The van der Waals surface area contributed by atoms with Gasteiger partial charge in [0.1, 0.15) is 0 Å². The maximum Gasteiger partial charge on any atom is 0.257 e. The summed E-state index contributed by atoms with van der Waals surface area (Å²) in [6.07, 6.45) is 0.499. The van der Waals surface area contributed by atoms with E-state index in [0.717, 1.165) is 12.2 Å². The molecule has 2 aromatic carbocycles. The molecule has 0 saturated carbocycles. The Bertz CT molecular complexity index is 1150. The molecule has 1 N–H and O–H groups in total. The van der Waals surface area contributed by atoms with Crippen molar-refractivity contribution >= 4 is 56.2 Å². The van der Waals surface area contributed by atoms with Crippen molar-refractivity contribution in [1.82, 2.24) is 0 Å². The fourth-order valence-corrected chi connectivity index (χ4v) is 5.12. The van der Waals surface area contributed by atoms with Crippen molar-refractivity contribution < 1.29 is 13.2 Å². The highest BCUT2D eigenvalue weighted by Crippen LogP contribution is 2.35. The first kappa shape index (κ1) is 22.2. The number of hydrogen-bond donors (Lipinski definition) is 1. The molecular weight excluding hydrogens is 447 g/mol. The second kappa shape index (κ2) is 8.72. The van der Waals surface area contributed by atoms with E-state index in [4.69, 9.17) is 23.2 Å². The Morgan fingerprint density at radius 3 is 2.60 bits per heavy atom. The minimum Gasteiger partial charge on any atom is -0.375 e. The van der Waals surface area contributed by atoms with E-state index in [2.05, 4.69) is 11.4 Å². The Morgan fingerprint density at radius 1 is 1.27 bits per heavy atom. The van der Waals surface area contributed by atoms with E-state index in [1.54, 1.807) is 18.2 Å². The van der Waals surface area contributed by atoms with Gasteiger partial charge in [-0.1, -0.05) is 23.2 Å². The number of carbonyl (C=O) groups excluding carboxylic acids is 1. The van der Waals surface area contributed by atoms with Gasteiger partial charge in [-0.2, -0.15) is 5.26 Å². The van der Waals surface area contributed by atoms with Gasteiger partial charge in [0, 0.05) is 31.5 Å². The van der Waals surface area contributed by atoms with Gasteiger partial charge in [0.2, 0.25) is 10.0 Å². The average Bonchev–Trinajstić information content (AvgIpc) is 3.07. The van der Waals surface area contributed by atoms with E-state index in [0.29, 0.717) is 29.9 Å². The number of benzene rings is 2. The topological polar surface area (TPSA) is 93.5 Å². The van der Waals surface area contributed by atoms with E-state index >= 15 is 0 Å². The van der Waals surface area contributed by atoms with Gasteiger partial charge in [-0.3, -0.25) is 9.10 Å². The molecule has 10 heteroatoms. The van der Waals surface area contributed by atoms with Crippen molar-refractivity contribution in [1.29, 1.82) is 5.26 Å². The predicted molar refractivity (Wildman–Crippen MR) is 120 cm³/mol. The van der Waals surface area contributed by atoms with Crippen molar-refractivity contribution in [2.24, 2.45) is 0 Å². The van der Waals surface area contributed by atoms with E-state index in [1.807, 2.05) is 18.9 Å². The zero-order valence-corrected chi connectivity index (χ0v) is 18.8. The molecule has 1 heterocycles. The van der Waals surface area contributed by atoms with Crippen LogP contribution in [0.2, 0.25) is 10.0 Å². The quantitative estimate of drug-likeness (QED) is 0.714. The summed E-state index contributed by atoms with van der Waals surface area (Å²) in [5.41, 5.74) is 1.93. The average molecular weight is 467 g/mol.